The van der Waals surface area contributed by atoms with Gasteiger partial charge in [-0.1, -0.05) is 0 Å². The highest BCUT2D eigenvalue weighted by atomic mass is 32.2. The molecule has 0 saturated carbocycles. The zero-order valence-corrected chi connectivity index (χ0v) is 11.5. The molecule has 0 bridgehead atoms. The van der Waals surface area contributed by atoms with E-state index in [4.69, 9.17) is 5.11 Å². The molecule has 0 aliphatic rings. The maximum atomic E-state index is 12.0. The van der Waals surface area contributed by atoms with Gasteiger partial charge in [-0.15, -0.1) is 11.3 Å². The minimum Gasteiger partial charge on any atom is -0.477 e. The quantitative estimate of drug-likeness (QED) is 0.899. The monoisotopic (exact) mass is 298 g/mol. The number of carbonyl (C=O) groups is 1. The molecule has 0 unspecified atom stereocenters. The summed E-state index contributed by atoms with van der Waals surface area (Å²) in [5, 5.41) is 8.77. The molecular weight excluding hydrogens is 288 g/mol. The number of carboxylic acid groups (broad SMARTS) is 1. The lowest BCUT2D eigenvalue weighted by molar-refractivity contribution is 0.0702. The van der Waals surface area contributed by atoms with Crippen molar-refractivity contribution in [2.45, 2.75) is 11.1 Å². The fraction of sp³-hybridized carbons (Fsp3) is 0.0909. The molecule has 0 spiro atoms. The number of pyridine rings is 1. The van der Waals surface area contributed by atoms with Crippen LogP contribution in [0, 0.1) is 6.92 Å². The van der Waals surface area contributed by atoms with Crippen LogP contribution in [-0.4, -0.2) is 24.5 Å². The van der Waals surface area contributed by atoms with Gasteiger partial charge in [-0.3, -0.25) is 9.71 Å². The lowest BCUT2D eigenvalue weighted by Crippen LogP contribution is -2.11. The molecule has 0 radical (unpaired) electrons. The minimum absolute atomic E-state index is 0.0255. The van der Waals surface area contributed by atoms with Gasteiger partial charge in [0.05, 0.1) is 11.9 Å². The average Bonchev–Trinajstić information content (AvgIpc) is 2.82. The van der Waals surface area contributed by atoms with Crippen molar-refractivity contribution in [3.05, 3.63) is 41.0 Å². The third-order valence-corrected chi connectivity index (χ3v) is 5.17. The number of nitrogens with one attached hydrogen (secondary N) is 1. The molecule has 19 heavy (non-hydrogen) atoms. The van der Waals surface area contributed by atoms with Crippen LogP contribution in [0.25, 0.3) is 0 Å². The summed E-state index contributed by atoms with van der Waals surface area (Å²) in [5.74, 6) is -1.15. The van der Waals surface area contributed by atoms with Crippen molar-refractivity contribution in [1.82, 2.24) is 4.98 Å². The fourth-order valence-corrected chi connectivity index (χ4v) is 3.50. The second-order valence-electron chi connectivity index (χ2n) is 3.72. The predicted molar refractivity (Wildman–Crippen MR) is 71.1 cm³/mol. The van der Waals surface area contributed by atoms with Gasteiger partial charge in [0, 0.05) is 5.69 Å². The minimum atomic E-state index is -3.77. The first-order valence-electron chi connectivity index (χ1n) is 5.17. The zero-order valence-electron chi connectivity index (χ0n) is 9.82. The molecule has 2 aromatic rings. The summed E-state index contributed by atoms with van der Waals surface area (Å²) in [6, 6.07) is 5.79. The van der Waals surface area contributed by atoms with E-state index < -0.39 is 16.0 Å². The molecule has 0 aliphatic carbocycles. The van der Waals surface area contributed by atoms with Crippen LogP contribution in [0.2, 0.25) is 0 Å². The van der Waals surface area contributed by atoms with E-state index in [1.807, 2.05) is 0 Å². The van der Waals surface area contributed by atoms with Gasteiger partial charge in [-0.2, -0.15) is 0 Å². The molecule has 0 atom stereocenters. The number of rotatable bonds is 4. The first kappa shape index (κ1) is 13.5. The Morgan fingerprint density at radius 3 is 2.58 bits per heavy atom. The number of nitrogens with zero attached hydrogens (tertiary/aromatic N) is 1. The van der Waals surface area contributed by atoms with E-state index in [1.54, 1.807) is 19.1 Å². The van der Waals surface area contributed by atoms with Gasteiger partial charge in [-0.05, 0) is 31.2 Å². The molecular formula is C11H10N2O4S2. The van der Waals surface area contributed by atoms with Gasteiger partial charge in [0.15, 0.2) is 0 Å². The number of carboxylic acids is 1. The molecule has 2 heterocycles. The maximum Gasteiger partial charge on any atom is 0.345 e. The number of hydrogen-bond acceptors (Lipinski definition) is 5. The Labute approximate surface area is 113 Å². The van der Waals surface area contributed by atoms with Gasteiger partial charge in [0.25, 0.3) is 10.0 Å². The van der Waals surface area contributed by atoms with Gasteiger partial charge in [0.1, 0.15) is 9.09 Å². The van der Waals surface area contributed by atoms with Crippen LogP contribution in [0.4, 0.5) is 5.69 Å². The van der Waals surface area contributed by atoms with Gasteiger partial charge in [0.2, 0.25) is 0 Å². The molecule has 2 rings (SSSR count). The Bertz CT molecular complexity index is 705. The number of hydrogen-bond donors (Lipinski definition) is 2. The van der Waals surface area contributed by atoms with Crippen molar-refractivity contribution in [1.29, 1.82) is 0 Å². The van der Waals surface area contributed by atoms with Crippen molar-refractivity contribution < 1.29 is 18.3 Å². The topological polar surface area (TPSA) is 96.4 Å². The molecule has 0 amide bonds. The normalized spacial score (nSPS) is 11.2. The molecule has 0 aliphatic heterocycles. The number of aryl methyl sites for hydroxylation is 1. The molecule has 2 N–H and O–H groups in total. The summed E-state index contributed by atoms with van der Waals surface area (Å²) in [7, 11) is -3.77. The molecule has 8 heteroatoms. The van der Waals surface area contributed by atoms with Crippen molar-refractivity contribution in [2.75, 3.05) is 4.72 Å². The van der Waals surface area contributed by atoms with Crippen LogP contribution in [0.1, 0.15) is 15.4 Å². The highest BCUT2D eigenvalue weighted by molar-refractivity contribution is 7.94. The third-order valence-electron chi connectivity index (χ3n) is 2.22. The van der Waals surface area contributed by atoms with Crippen molar-refractivity contribution >= 4 is 33.0 Å². The van der Waals surface area contributed by atoms with E-state index in [1.165, 1.54) is 18.3 Å². The standard InChI is InChI=1S/C11H10N2O4S2/c1-7-2-3-8(6-12-7)13-19(16,17)10-5-4-9(18-10)11(14)15/h2-6,13H,1H3,(H,14,15). The third kappa shape index (κ3) is 3.09. The summed E-state index contributed by atoms with van der Waals surface area (Å²) < 4.78 is 26.3. The largest absolute Gasteiger partial charge is 0.477 e. The van der Waals surface area contributed by atoms with Crippen LogP contribution in [0.15, 0.2) is 34.7 Å². The van der Waals surface area contributed by atoms with Crippen LogP contribution in [-0.2, 0) is 10.0 Å². The van der Waals surface area contributed by atoms with Crippen LogP contribution >= 0.6 is 11.3 Å². The lowest BCUT2D eigenvalue weighted by Gasteiger charge is -2.05. The first-order valence-corrected chi connectivity index (χ1v) is 7.47. The SMILES string of the molecule is Cc1ccc(NS(=O)(=O)c2ccc(C(=O)O)s2)cn1. The fourth-order valence-electron chi connectivity index (χ4n) is 1.31. The van der Waals surface area contributed by atoms with E-state index >= 15 is 0 Å². The summed E-state index contributed by atoms with van der Waals surface area (Å²) in [5.41, 5.74) is 1.10. The molecule has 2 aromatic heterocycles. The van der Waals surface area contributed by atoms with Crippen LogP contribution < -0.4 is 4.72 Å². The van der Waals surface area contributed by atoms with Crippen molar-refractivity contribution in [3.8, 4) is 0 Å². The second-order valence-corrected chi connectivity index (χ2v) is 6.71. The summed E-state index contributed by atoms with van der Waals surface area (Å²) in [6.07, 6.45) is 1.40. The predicted octanol–water partition coefficient (Wildman–Crippen LogP) is 1.95. The van der Waals surface area contributed by atoms with Gasteiger partial charge < -0.3 is 5.11 Å². The van der Waals surface area contributed by atoms with E-state index in [0.29, 0.717) is 17.0 Å². The van der Waals surface area contributed by atoms with Gasteiger partial charge in [-0.25, -0.2) is 13.2 Å². The Hall–Kier alpha value is -1.93. The second kappa shape index (κ2) is 4.98. The molecule has 0 saturated heterocycles. The Morgan fingerprint density at radius 2 is 2.05 bits per heavy atom. The summed E-state index contributed by atoms with van der Waals surface area (Å²) in [4.78, 5) is 14.7. The molecule has 6 nitrogen and oxygen atoms in total. The number of aromatic nitrogens is 1. The lowest BCUT2D eigenvalue weighted by atomic mass is 10.4. The Morgan fingerprint density at radius 1 is 1.32 bits per heavy atom. The smallest absolute Gasteiger partial charge is 0.345 e. The van der Waals surface area contributed by atoms with E-state index in [9.17, 15) is 13.2 Å². The van der Waals surface area contributed by atoms with E-state index in [0.717, 1.165) is 5.69 Å². The van der Waals surface area contributed by atoms with E-state index in [-0.39, 0.29) is 9.09 Å². The Balaban J connectivity index is 2.26. The number of anilines is 1. The molecule has 0 fully saturated rings. The number of thiophene rings is 1. The van der Waals surface area contributed by atoms with Crippen molar-refractivity contribution in [2.24, 2.45) is 0 Å². The molecule has 0 aromatic carbocycles. The van der Waals surface area contributed by atoms with Crippen LogP contribution in [0.5, 0.6) is 0 Å². The Kier molecular flexibility index (Phi) is 3.54. The highest BCUT2D eigenvalue weighted by Crippen LogP contribution is 2.23. The highest BCUT2D eigenvalue weighted by Gasteiger charge is 2.19. The summed E-state index contributed by atoms with van der Waals surface area (Å²) >= 11 is 0.700. The zero-order chi connectivity index (χ0) is 14.0. The van der Waals surface area contributed by atoms with E-state index in [2.05, 4.69) is 9.71 Å². The number of aromatic carboxylic acids is 1. The van der Waals surface area contributed by atoms with Gasteiger partial charge >= 0.3 is 5.97 Å². The average molecular weight is 298 g/mol. The van der Waals surface area contributed by atoms with Crippen molar-refractivity contribution in [3.63, 3.8) is 0 Å². The molecule has 100 valence electrons. The first-order chi connectivity index (χ1) is 8.88. The summed E-state index contributed by atoms with van der Waals surface area (Å²) in [6.45, 7) is 1.79. The number of sulfonamides is 1. The maximum absolute atomic E-state index is 12.0. The van der Waals surface area contributed by atoms with Crippen LogP contribution in [0.3, 0.4) is 0 Å².